The Morgan fingerprint density at radius 1 is 1.29 bits per heavy atom. The van der Waals surface area contributed by atoms with Crippen LogP contribution in [0.2, 0.25) is 10.0 Å². The molecule has 2 atom stereocenters. The fraction of sp³-hybridized carbons (Fsp3) is 0.316. The number of hydrogen-bond acceptors (Lipinski definition) is 5. The van der Waals surface area contributed by atoms with Crippen LogP contribution in [0, 0.1) is 0 Å². The zero-order valence-electron chi connectivity index (χ0n) is 14.8. The van der Waals surface area contributed by atoms with E-state index < -0.39 is 12.0 Å². The van der Waals surface area contributed by atoms with Crippen molar-refractivity contribution in [3.8, 4) is 5.69 Å². The Bertz CT molecular complexity index is 1030. The van der Waals surface area contributed by atoms with Crippen LogP contribution in [-0.4, -0.2) is 49.4 Å². The van der Waals surface area contributed by atoms with Crippen LogP contribution in [0.4, 0.5) is 5.82 Å². The van der Waals surface area contributed by atoms with Crippen molar-refractivity contribution in [2.75, 3.05) is 11.5 Å². The quantitative estimate of drug-likeness (QED) is 0.655. The molecule has 2 aromatic heterocycles. The maximum atomic E-state index is 11.8. The van der Waals surface area contributed by atoms with Gasteiger partial charge in [0, 0.05) is 36.5 Å². The molecule has 2 N–H and O–H groups in total. The molecule has 1 saturated heterocycles. The zero-order valence-corrected chi connectivity index (χ0v) is 16.3. The monoisotopic (exact) mass is 420 g/mol. The largest absolute Gasteiger partial charge is 0.480 e. The number of carboxylic acid groups (broad SMARTS) is 1. The Morgan fingerprint density at radius 3 is 2.79 bits per heavy atom. The molecule has 0 saturated carbocycles. The van der Waals surface area contributed by atoms with Gasteiger partial charge in [-0.2, -0.15) is 0 Å². The molecule has 7 nitrogen and oxygen atoms in total. The van der Waals surface area contributed by atoms with Crippen molar-refractivity contribution in [2.24, 2.45) is 0 Å². The number of carbonyl (C=O) groups is 1. The molecular weight excluding hydrogens is 403 g/mol. The van der Waals surface area contributed by atoms with E-state index in [4.69, 9.17) is 23.2 Å². The fourth-order valence-electron chi connectivity index (χ4n) is 3.85. The van der Waals surface area contributed by atoms with Crippen LogP contribution in [0.25, 0.3) is 16.6 Å². The Hall–Kier alpha value is -2.35. The standard InChI is InChI=1S/C19H18Cl2N4O3/c20-13-3-2-12-15(24-7-6-22-10-24)9-16(23-18(12)17(13)21)25-11(5-8-26)1-4-14(25)19(27)28/h2-3,6-7,9-11,14,26H,1,4-5,8H2,(H,27,28)/t11-,14-/m0/s1. The summed E-state index contributed by atoms with van der Waals surface area (Å²) in [5.74, 6) is -0.424. The molecule has 9 heteroatoms. The number of rotatable bonds is 5. The number of anilines is 1. The minimum absolute atomic E-state index is 0.0257. The average molecular weight is 421 g/mol. The number of aromatic nitrogens is 3. The maximum absolute atomic E-state index is 11.8. The molecule has 28 heavy (non-hydrogen) atoms. The van der Waals surface area contributed by atoms with E-state index in [1.165, 1.54) is 0 Å². The van der Waals surface area contributed by atoms with Crippen LogP contribution in [0.15, 0.2) is 36.9 Å². The molecule has 1 fully saturated rings. The number of fused-ring (bicyclic) bond motifs is 1. The lowest BCUT2D eigenvalue weighted by Crippen LogP contribution is -2.41. The van der Waals surface area contributed by atoms with Crippen molar-refractivity contribution in [3.63, 3.8) is 0 Å². The topological polar surface area (TPSA) is 91.5 Å². The van der Waals surface area contributed by atoms with Gasteiger partial charge in [-0.1, -0.05) is 23.2 Å². The third kappa shape index (κ3) is 3.19. The molecule has 1 aliphatic rings. The summed E-state index contributed by atoms with van der Waals surface area (Å²) in [6.45, 7) is -0.0257. The molecule has 0 amide bonds. The van der Waals surface area contributed by atoms with Crippen molar-refractivity contribution in [1.82, 2.24) is 14.5 Å². The minimum atomic E-state index is -0.913. The maximum Gasteiger partial charge on any atom is 0.326 e. The Labute approximate surface area is 171 Å². The van der Waals surface area contributed by atoms with E-state index in [-0.39, 0.29) is 12.6 Å². The van der Waals surface area contributed by atoms with Gasteiger partial charge in [-0.15, -0.1) is 0 Å². The van der Waals surface area contributed by atoms with Gasteiger partial charge in [-0.05, 0) is 31.4 Å². The molecule has 0 bridgehead atoms. The fourth-order valence-corrected chi connectivity index (χ4v) is 4.21. The van der Waals surface area contributed by atoms with Crippen molar-refractivity contribution >= 4 is 45.9 Å². The first-order valence-electron chi connectivity index (χ1n) is 8.90. The van der Waals surface area contributed by atoms with Crippen molar-refractivity contribution in [2.45, 2.75) is 31.3 Å². The van der Waals surface area contributed by atoms with E-state index in [2.05, 4.69) is 9.97 Å². The SMILES string of the molecule is O=C(O)[C@@H]1CC[C@@H](CCO)N1c1cc(-n2ccnc2)c2ccc(Cl)c(Cl)c2n1. The summed E-state index contributed by atoms with van der Waals surface area (Å²) in [7, 11) is 0. The highest BCUT2D eigenvalue weighted by atomic mass is 35.5. The first-order valence-corrected chi connectivity index (χ1v) is 9.66. The summed E-state index contributed by atoms with van der Waals surface area (Å²) in [5.41, 5.74) is 1.27. The Kier molecular flexibility index (Phi) is 5.14. The van der Waals surface area contributed by atoms with Gasteiger partial charge in [0.05, 0.1) is 27.6 Å². The molecule has 1 aliphatic heterocycles. The van der Waals surface area contributed by atoms with Crippen molar-refractivity contribution in [1.29, 1.82) is 0 Å². The summed E-state index contributed by atoms with van der Waals surface area (Å²) < 4.78 is 1.82. The number of imidazole rings is 1. The van der Waals surface area contributed by atoms with Crippen molar-refractivity contribution < 1.29 is 15.0 Å². The molecule has 0 unspecified atom stereocenters. The first-order chi connectivity index (χ1) is 13.5. The second kappa shape index (κ2) is 7.58. The number of aliphatic carboxylic acids is 1. The summed E-state index contributed by atoms with van der Waals surface area (Å²) in [5, 5.41) is 20.6. The normalized spacial score (nSPS) is 19.5. The van der Waals surface area contributed by atoms with Gasteiger partial charge in [-0.25, -0.2) is 14.8 Å². The van der Waals surface area contributed by atoms with Crippen LogP contribution in [-0.2, 0) is 4.79 Å². The predicted molar refractivity (Wildman–Crippen MR) is 108 cm³/mol. The van der Waals surface area contributed by atoms with Gasteiger partial charge in [0.1, 0.15) is 11.9 Å². The van der Waals surface area contributed by atoms with E-state index in [0.29, 0.717) is 40.6 Å². The summed E-state index contributed by atoms with van der Waals surface area (Å²) in [4.78, 5) is 22.4. The highest BCUT2D eigenvalue weighted by molar-refractivity contribution is 6.45. The molecule has 0 aliphatic carbocycles. The van der Waals surface area contributed by atoms with Gasteiger partial charge >= 0.3 is 5.97 Å². The van der Waals surface area contributed by atoms with E-state index in [0.717, 1.165) is 11.1 Å². The predicted octanol–water partition coefficient (Wildman–Crippen LogP) is 3.53. The highest BCUT2D eigenvalue weighted by Gasteiger charge is 2.38. The Morgan fingerprint density at radius 2 is 2.11 bits per heavy atom. The van der Waals surface area contributed by atoms with Gasteiger partial charge in [-0.3, -0.25) is 0 Å². The molecule has 146 valence electrons. The van der Waals surface area contributed by atoms with Crippen LogP contribution < -0.4 is 4.90 Å². The number of nitrogens with zero attached hydrogens (tertiary/aromatic N) is 4. The number of pyridine rings is 1. The van der Waals surface area contributed by atoms with Crippen LogP contribution in [0.1, 0.15) is 19.3 Å². The van der Waals surface area contributed by atoms with Gasteiger partial charge < -0.3 is 19.7 Å². The van der Waals surface area contributed by atoms with Gasteiger partial charge in [0.25, 0.3) is 0 Å². The van der Waals surface area contributed by atoms with Gasteiger partial charge in [0.15, 0.2) is 0 Å². The molecular formula is C19H18Cl2N4O3. The van der Waals surface area contributed by atoms with Crippen LogP contribution in [0.5, 0.6) is 0 Å². The third-order valence-corrected chi connectivity index (χ3v) is 5.93. The lowest BCUT2D eigenvalue weighted by molar-refractivity contribution is -0.138. The molecule has 3 aromatic rings. The summed E-state index contributed by atoms with van der Waals surface area (Å²) in [6, 6.07) is 4.54. The number of halogens is 2. The van der Waals surface area contributed by atoms with Crippen LogP contribution in [0.3, 0.4) is 0 Å². The molecule has 0 radical (unpaired) electrons. The Balaban J connectivity index is 1.96. The highest BCUT2D eigenvalue weighted by Crippen LogP contribution is 2.38. The van der Waals surface area contributed by atoms with E-state index in [9.17, 15) is 15.0 Å². The number of hydrogen-bond donors (Lipinski definition) is 2. The molecule has 4 rings (SSSR count). The van der Waals surface area contributed by atoms with Crippen LogP contribution >= 0.6 is 23.2 Å². The van der Waals surface area contributed by atoms with E-state index in [1.807, 2.05) is 16.7 Å². The summed E-state index contributed by atoms with van der Waals surface area (Å²) in [6.07, 6.45) is 6.74. The van der Waals surface area contributed by atoms with Gasteiger partial charge in [0.2, 0.25) is 0 Å². The van der Waals surface area contributed by atoms with E-state index in [1.54, 1.807) is 29.7 Å². The van der Waals surface area contributed by atoms with E-state index >= 15 is 0 Å². The molecule has 3 heterocycles. The second-order valence-electron chi connectivity index (χ2n) is 6.73. The summed E-state index contributed by atoms with van der Waals surface area (Å²) >= 11 is 12.6. The smallest absolute Gasteiger partial charge is 0.326 e. The number of benzene rings is 1. The lowest BCUT2D eigenvalue weighted by atomic mass is 10.1. The first kappa shape index (κ1) is 19.0. The second-order valence-corrected chi connectivity index (χ2v) is 7.52. The molecule has 0 spiro atoms. The molecule has 1 aromatic carbocycles. The number of carboxylic acids is 1. The lowest BCUT2D eigenvalue weighted by Gasteiger charge is -2.30. The number of aliphatic hydroxyl groups excluding tert-OH is 1. The number of aliphatic hydroxyl groups is 1. The van der Waals surface area contributed by atoms with Crippen molar-refractivity contribution in [3.05, 3.63) is 47.0 Å². The minimum Gasteiger partial charge on any atom is -0.480 e. The third-order valence-electron chi connectivity index (χ3n) is 5.13. The zero-order chi connectivity index (χ0) is 19.8. The average Bonchev–Trinajstić information content (AvgIpc) is 3.34.